The number of amides is 1. The fraction of sp³-hybridized carbons (Fsp3) is 0.294. The second-order valence-electron chi connectivity index (χ2n) is 10.5. The summed E-state index contributed by atoms with van der Waals surface area (Å²) in [5.74, 6) is -0.406. The number of rotatable bonds is 13. The van der Waals surface area contributed by atoms with Crippen LogP contribution < -0.4 is 5.32 Å². The highest BCUT2D eigenvalue weighted by Gasteiger charge is 2.32. The molecule has 5 rings (SSSR count). The molecule has 1 saturated heterocycles. The van der Waals surface area contributed by atoms with Crippen molar-refractivity contribution in [3.63, 3.8) is 0 Å². The first-order chi connectivity index (χ1) is 21.5. The van der Waals surface area contributed by atoms with Gasteiger partial charge in [-0.05, 0) is 40.3 Å². The number of hydrogen-bond donors (Lipinski definition) is 3. The van der Waals surface area contributed by atoms with Crippen molar-refractivity contribution < 1.29 is 29.3 Å². The second kappa shape index (κ2) is 15.6. The third-order valence-corrected chi connectivity index (χ3v) is 8.34. The zero-order valence-electron chi connectivity index (χ0n) is 24.2. The number of aromatic nitrogens is 2. The van der Waals surface area contributed by atoms with Crippen LogP contribution in [0.15, 0.2) is 96.4 Å². The molecule has 1 aliphatic heterocycles. The van der Waals surface area contributed by atoms with Crippen molar-refractivity contribution in [3.8, 4) is 11.1 Å². The Bertz CT molecular complexity index is 1520. The van der Waals surface area contributed by atoms with Crippen LogP contribution in [0.3, 0.4) is 0 Å². The molecule has 0 aliphatic carbocycles. The maximum absolute atomic E-state index is 12.2. The Kier molecular flexibility index (Phi) is 11.1. The highest BCUT2D eigenvalue weighted by molar-refractivity contribution is 7.99. The summed E-state index contributed by atoms with van der Waals surface area (Å²) in [5, 5.41) is 21.9. The first-order valence-electron chi connectivity index (χ1n) is 14.6. The van der Waals surface area contributed by atoms with E-state index in [1.54, 1.807) is 30.2 Å². The summed E-state index contributed by atoms with van der Waals surface area (Å²) in [6, 6.07) is 25.5. The van der Waals surface area contributed by atoms with Gasteiger partial charge in [0.15, 0.2) is 11.4 Å². The van der Waals surface area contributed by atoms with E-state index in [1.807, 2.05) is 72.8 Å². The summed E-state index contributed by atoms with van der Waals surface area (Å²) in [7, 11) is 0. The summed E-state index contributed by atoms with van der Waals surface area (Å²) >= 11 is 1.55. The minimum absolute atomic E-state index is 0.0114. The molecule has 0 radical (unpaired) electrons. The molecule has 1 aromatic heterocycles. The second-order valence-corrected chi connectivity index (χ2v) is 11.5. The summed E-state index contributed by atoms with van der Waals surface area (Å²) in [4.78, 5) is 31.6. The van der Waals surface area contributed by atoms with Crippen molar-refractivity contribution in [2.45, 2.75) is 62.5 Å². The Labute approximate surface area is 260 Å². The smallest absolute Gasteiger partial charge is 0.303 e. The number of thioether (sulfide) groups is 1. The van der Waals surface area contributed by atoms with Gasteiger partial charge in [-0.1, -0.05) is 84.6 Å². The molecule has 228 valence electrons. The van der Waals surface area contributed by atoms with Gasteiger partial charge in [-0.15, -0.1) is 0 Å². The topological polar surface area (TPSA) is 131 Å². The van der Waals surface area contributed by atoms with Gasteiger partial charge in [0.1, 0.15) is 0 Å². The monoisotopic (exact) mass is 613 g/mol. The highest BCUT2D eigenvalue weighted by atomic mass is 32.2. The van der Waals surface area contributed by atoms with Crippen molar-refractivity contribution in [2.24, 2.45) is 0 Å². The number of benzene rings is 3. The quantitative estimate of drug-likeness (QED) is 0.126. The van der Waals surface area contributed by atoms with E-state index < -0.39 is 12.3 Å². The number of ether oxygens (including phenoxy) is 2. The Hall–Kier alpha value is -4.09. The zero-order chi connectivity index (χ0) is 30.7. The molecule has 1 aliphatic rings. The number of carboxylic acid groups (broad SMARTS) is 1. The highest BCUT2D eigenvalue weighted by Crippen LogP contribution is 2.39. The molecule has 1 fully saturated rings. The Morgan fingerprint density at radius 3 is 2.34 bits per heavy atom. The molecule has 3 aromatic carbocycles. The number of hydrogen-bond acceptors (Lipinski definition) is 8. The summed E-state index contributed by atoms with van der Waals surface area (Å²) in [6.45, 7) is 0.336. The number of carbonyl (C=O) groups is 2. The normalized spacial score (nSPS) is 18.1. The number of aliphatic hydroxyl groups is 1. The molecule has 0 saturated carbocycles. The van der Waals surface area contributed by atoms with Crippen molar-refractivity contribution in [3.05, 3.63) is 114 Å². The van der Waals surface area contributed by atoms with Gasteiger partial charge in [0, 0.05) is 49.5 Å². The van der Waals surface area contributed by atoms with Crippen LogP contribution in [0.2, 0.25) is 0 Å². The zero-order valence-corrected chi connectivity index (χ0v) is 25.0. The van der Waals surface area contributed by atoms with E-state index in [4.69, 9.17) is 14.6 Å². The van der Waals surface area contributed by atoms with Crippen LogP contribution in [-0.2, 0) is 32.2 Å². The lowest BCUT2D eigenvalue weighted by Crippen LogP contribution is -2.31. The predicted molar refractivity (Wildman–Crippen MR) is 166 cm³/mol. The number of aliphatic carboxylic acids is 1. The molecule has 44 heavy (non-hydrogen) atoms. The number of aliphatic hydroxyl groups excluding tert-OH is 1. The average Bonchev–Trinajstić information content (AvgIpc) is 3.07. The number of nitrogens with one attached hydrogen (secondary N) is 1. The van der Waals surface area contributed by atoms with E-state index in [1.165, 1.54) is 0 Å². The molecule has 2 heterocycles. The molecule has 3 unspecified atom stereocenters. The van der Waals surface area contributed by atoms with Crippen LogP contribution >= 0.6 is 11.8 Å². The standard InChI is InChI=1S/C34H35N3O6S/c38-21-23-9-11-25(12-10-23)30-19-28(22-44-34-35-17-4-18-36-34)42-33(43-30)26-15-13-24(14-16-26)29-6-2-1-5-27(29)20-37-31(39)7-3-8-32(40)41/h1-2,4-6,9-18,28,30,33,38H,3,7-8,19-22H2,(H,37,39)(H,40,41). The van der Waals surface area contributed by atoms with Crippen molar-refractivity contribution >= 4 is 23.6 Å². The molecular weight excluding hydrogens is 578 g/mol. The van der Waals surface area contributed by atoms with Gasteiger partial charge in [-0.2, -0.15) is 0 Å². The number of carbonyl (C=O) groups excluding carboxylic acids is 1. The van der Waals surface area contributed by atoms with Crippen molar-refractivity contribution in [2.75, 3.05) is 5.75 Å². The maximum Gasteiger partial charge on any atom is 0.303 e. The van der Waals surface area contributed by atoms with Gasteiger partial charge in [0.2, 0.25) is 5.91 Å². The van der Waals surface area contributed by atoms with Crippen LogP contribution in [0.1, 0.15) is 60.3 Å². The molecule has 0 bridgehead atoms. The van der Waals surface area contributed by atoms with Gasteiger partial charge in [0.25, 0.3) is 0 Å². The van der Waals surface area contributed by atoms with E-state index in [-0.39, 0.29) is 37.6 Å². The Morgan fingerprint density at radius 1 is 0.886 bits per heavy atom. The van der Waals surface area contributed by atoms with E-state index in [9.17, 15) is 14.7 Å². The fourth-order valence-corrected chi connectivity index (χ4v) is 5.83. The lowest BCUT2D eigenvalue weighted by atomic mass is 9.97. The summed E-state index contributed by atoms with van der Waals surface area (Å²) in [5.41, 5.74) is 5.71. The lowest BCUT2D eigenvalue weighted by molar-refractivity contribution is -0.245. The van der Waals surface area contributed by atoms with Crippen LogP contribution in [-0.4, -0.2) is 43.9 Å². The van der Waals surface area contributed by atoms with Gasteiger partial charge in [-0.25, -0.2) is 9.97 Å². The Morgan fingerprint density at radius 2 is 1.61 bits per heavy atom. The molecule has 1 amide bonds. The SMILES string of the molecule is O=C(O)CCCC(=O)NCc1ccccc1-c1ccc(C2OC(CSc3ncccn3)CC(c3ccc(CO)cc3)O2)cc1. The predicted octanol–water partition coefficient (Wildman–Crippen LogP) is 5.84. The number of carboxylic acids is 1. The third-order valence-electron chi connectivity index (χ3n) is 7.34. The fourth-order valence-electron chi connectivity index (χ4n) is 5.01. The van der Waals surface area contributed by atoms with E-state index >= 15 is 0 Å². The van der Waals surface area contributed by atoms with Gasteiger partial charge in [-0.3, -0.25) is 9.59 Å². The lowest BCUT2D eigenvalue weighted by Gasteiger charge is -2.36. The largest absolute Gasteiger partial charge is 0.481 e. The maximum atomic E-state index is 12.2. The van der Waals surface area contributed by atoms with Crippen LogP contribution in [0.5, 0.6) is 0 Å². The molecule has 3 atom stereocenters. The summed E-state index contributed by atoms with van der Waals surface area (Å²) in [6.07, 6.45) is 3.70. The Balaban J connectivity index is 1.29. The first kappa shape index (κ1) is 31.3. The van der Waals surface area contributed by atoms with E-state index in [0.29, 0.717) is 30.3 Å². The van der Waals surface area contributed by atoms with Gasteiger partial charge < -0.3 is 25.0 Å². The van der Waals surface area contributed by atoms with E-state index in [2.05, 4.69) is 15.3 Å². The molecule has 4 aromatic rings. The van der Waals surface area contributed by atoms with Crippen LogP contribution in [0.25, 0.3) is 11.1 Å². The minimum atomic E-state index is -0.904. The van der Waals surface area contributed by atoms with Gasteiger partial charge >= 0.3 is 5.97 Å². The number of nitrogens with zero attached hydrogens (tertiary/aromatic N) is 2. The average molecular weight is 614 g/mol. The van der Waals surface area contributed by atoms with Crippen molar-refractivity contribution in [1.29, 1.82) is 0 Å². The van der Waals surface area contributed by atoms with Crippen LogP contribution in [0, 0.1) is 0 Å². The van der Waals surface area contributed by atoms with E-state index in [0.717, 1.165) is 33.4 Å². The first-order valence-corrected chi connectivity index (χ1v) is 15.5. The molecule has 10 heteroatoms. The third kappa shape index (κ3) is 8.73. The molecular formula is C34H35N3O6S. The van der Waals surface area contributed by atoms with Crippen LogP contribution in [0.4, 0.5) is 0 Å². The van der Waals surface area contributed by atoms with Gasteiger partial charge in [0.05, 0.1) is 18.8 Å². The summed E-state index contributed by atoms with van der Waals surface area (Å²) < 4.78 is 12.9. The molecule has 0 spiro atoms. The molecule has 3 N–H and O–H groups in total. The minimum Gasteiger partial charge on any atom is -0.481 e. The van der Waals surface area contributed by atoms with Crippen molar-refractivity contribution in [1.82, 2.24) is 15.3 Å². The molecule has 9 nitrogen and oxygen atoms in total.